The summed E-state index contributed by atoms with van der Waals surface area (Å²) in [5.41, 5.74) is 0.612. The largest absolute Gasteiger partial charge is 0.494 e. The Hall–Kier alpha value is -0.905. The molecule has 2 rings (SSSR count). The number of halogens is 1. The summed E-state index contributed by atoms with van der Waals surface area (Å²) in [7, 11) is -0.552. The van der Waals surface area contributed by atoms with E-state index in [2.05, 4.69) is 0 Å². The number of hydrogen-bond donors (Lipinski definition) is 0. The third-order valence-electron chi connectivity index (χ3n) is 4.09. The highest BCUT2D eigenvalue weighted by atomic mass is 19.1. The summed E-state index contributed by atoms with van der Waals surface area (Å²) in [5, 5.41) is 0. The van der Waals surface area contributed by atoms with Crippen molar-refractivity contribution < 1.29 is 18.4 Å². The maximum atomic E-state index is 13.8. The molecule has 0 radical (unpaired) electrons. The van der Waals surface area contributed by atoms with E-state index < -0.39 is 18.3 Å². The van der Waals surface area contributed by atoms with E-state index in [9.17, 15) is 4.39 Å². The highest BCUT2D eigenvalue weighted by Crippen LogP contribution is 2.36. The van der Waals surface area contributed by atoms with Gasteiger partial charge in [-0.05, 0) is 64.7 Å². The molecule has 0 atom stereocenters. The van der Waals surface area contributed by atoms with Gasteiger partial charge < -0.3 is 14.0 Å². The molecule has 1 aromatic rings. The SMILES string of the molecule is CC(C)OCc1cc(F)cc(B2OC(C)(C)C(C)(C)O2)c1. The Bertz CT molecular complexity index is 498. The van der Waals surface area contributed by atoms with E-state index in [-0.39, 0.29) is 11.9 Å². The molecular formula is C16H24BFO3. The number of rotatable bonds is 4. The second-order valence-electron chi connectivity index (χ2n) is 6.84. The average molecular weight is 294 g/mol. The Kier molecular flexibility index (Phi) is 4.48. The normalized spacial score (nSPS) is 20.3. The topological polar surface area (TPSA) is 27.7 Å². The van der Waals surface area contributed by atoms with E-state index in [1.807, 2.05) is 47.6 Å². The zero-order valence-corrected chi connectivity index (χ0v) is 13.7. The van der Waals surface area contributed by atoms with Crippen molar-refractivity contribution in [3.8, 4) is 0 Å². The van der Waals surface area contributed by atoms with Crippen molar-refractivity contribution >= 4 is 12.6 Å². The summed E-state index contributed by atoms with van der Waals surface area (Å²) in [6, 6.07) is 4.83. The molecule has 0 amide bonds. The van der Waals surface area contributed by atoms with Gasteiger partial charge in [-0.15, -0.1) is 0 Å². The molecule has 1 saturated heterocycles. The third kappa shape index (κ3) is 3.65. The second kappa shape index (κ2) is 5.71. The van der Waals surface area contributed by atoms with Gasteiger partial charge in [0, 0.05) is 0 Å². The summed E-state index contributed by atoms with van der Waals surface area (Å²) in [4.78, 5) is 0. The molecule has 0 spiro atoms. The van der Waals surface area contributed by atoms with Gasteiger partial charge in [0.25, 0.3) is 0 Å². The molecule has 3 nitrogen and oxygen atoms in total. The maximum absolute atomic E-state index is 13.8. The molecule has 0 aromatic heterocycles. The molecule has 0 aliphatic carbocycles. The number of hydrogen-bond acceptors (Lipinski definition) is 3. The van der Waals surface area contributed by atoms with Crippen LogP contribution in [0.5, 0.6) is 0 Å². The van der Waals surface area contributed by atoms with Gasteiger partial charge in [0.1, 0.15) is 5.82 Å². The van der Waals surface area contributed by atoms with Crippen LogP contribution in [0.4, 0.5) is 4.39 Å². The summed E-state index contributed by atoms with van der Waals surface area (Å²) in [6.45, 7) is 12.2. The van der Waals surface area contributed by atoms with Gasteiger partial charge in [-0.1, -0.05) is 6.07 Å². The summed E-state index contributed by atoms with van der Waals surface area (Å²) in [5.74, 6) is -0.301. The molecule has 0 saturated carbocycles. The number of ether oxygens (including phenoxy) is 1. The van der Waals surface area contributed by atoms with E-state index in [0.29, 0.717) is 12.1 Å². The minimum absolute atomic E-state index is 0.105. The Morgan fingerprint density at radius 1 is 1.10 bits per heavy atom. The van der Waals surface area contributed by atoms with Gasteiger partial charge in [-0.3, -0.25) is 0 Å². The fourth-order valence-corrected chi connectivity index (χ4v) is 2.14. The molecule has 1 aromatic carbocycles. The Balaban J connectivity index is 2.21. The van der Waals surface area contributed by atoms with Gasteiger partial charge in [0.05, 0.1) is 23.9 Å². The highest BCUT2D eigenvalue weighted by Gasteiger charge is 2.51. The van der Waals surface area contributed by atoms with E-state index in [0.717, 1.165) is 5.56 Å². The van der Waals surface area contributed by atoms with Crippen molar-refractivity contribution in [2.75, 3.05) is 0 Å². The Morgan fingerprint density at radius 2 is 1.67 bits per heavy atom. The molecule has 0 unspecified atom stereocenters. The average Bonchev–Trinajstić information content (AvgIpc) is 2.55. The van der Waals surface area contributed by atoms with Gasteiger partial charge in [-0.2, -0.15) is 0 Å². The first kappa shape index (κ1) is 16.5. The molecule has 116 valence electrons. The molecular weight excluding hydrogens is 270 g/mol. The lowest BCUT2D eigenvalue weighted by Gasteiger charge is -2.32. The first-order chi connectivity index (χ1) is 9.60. The minimum atomic E-state index is -0.552. The van der Waals surface area contributed by atoms with Crippen molar-refractivity contribution in [3.63, 3.8) is 0 Å². The van der Waals surface area contributed by atoms with Crippen LogP contribution in [-0.2, 0) is 20.7 Å². The quantitative estimate of drug-likeness (QED) is 0.799. The van der Waals surface area contributed by atoms with E-state index in [4.69, 9.17) is 14.0 Å². The fraction of sp³-hybridized carbons (Fsp3) is 0.625. The lowest BCUT2D eigenvalue weighted by Crippen LogP contribution is -2.41. The molecule has 5 heteroatoms. The predicted molar refractivity (Wildman–Crippen MR) is 82.0 cm³/mol. The van der Waals surface area contributed by atoms with Crippen LogP contribution >= 0.6 is 0 Å². The summed E-state index contributed by atoms with van der Waals surface area (Å²) in [6.07, 6.45) is 0.105. The van der Waals surface area contributed by atoms with Crippen molar-refractivity contribution in [2.45, 2.75) is 65.5 Å². The van der Waals surface area contributed by atoms with E-state index in [1.54, 1.807) is 0 Å². The minimum Gasteiger partial charge on any atom is -0.399 e. The number of benzene rings is 1. The lowest BCUT2D eigenvalue weighted by atomic mass is 9.78. The fourth-order valence-electron chi connectivity index (χ4n) is 2.14. The molecule has 1 aliphatic rings. The molecule has 1 fully saturated rings. The van der Waals surface area contributed by atoms with Crippen LogP contribution in [0.3, 0.4) is 0 Å². The maximum Gasteiger partial charge on any atom is 0.494 e. The van der Waals surface area contributed by atoms with Crippen molar-refractivity contribution in [3.05, 3.63) is 29.6 Å². The molecule has 1 heterocycles. The van der Waals surface area contributed by atoms with E-state index in [1.165, 1.54) is 12.1 Å². The van der Waals surface area contributed by atoms with Gasteiger partial charge >= 0.3 is 7.12 Å². The predicted octanol–water partition coefficient (Wildman–Crippen LogP) is 3.05. The van der Waals surface area contributed by atoms with Crippen molar-refractivity contribution in [2.24, 2.45) is 0 Å². The molecule has 0 N–H and O–H groups in total. The molecule has 21 heavy (non-hydrogen) atoms. The zero-order chi connectivity index (χ0) is 15.8. The van der Waals surface area contributed by atoms with E-state index >= 15 is 0 Å². The van der Waals surface area contributed by atoms with Crippen LogP contribution in [0, 0.1) is 5.82 Å². The molecule has 1 aliphatic heterocycles. The van der Waals surface area contributed by atoms with Crippen LogP contribution in [-0.4, -0.2) is 24.4 Å². The van der Waals surface area contributed by atoms with Crippen LogP contribution in [0.2, 0.25) is 0 Å². The second-order valence-corrected chi connectivity index (χ2v) is 6.84. The lowest BCUT2D eigenvalue weighted by molar-refractivity contribution is 0.00578. The highest BCUT2D eigenvalue weighted by molar-refractivity contribution is 6.62. The summed E-state index contributed by atoms with van der Waals surface area (Å²) < 4.78 is 31.3. The van der Waals surface area contributed by atoms with Crippen LogP contribution in [0.15, 0.2) is 18.2 Å². The van der Waals surface area contributed by atoms with Crippen molar-refractivity contribution in [1.29, 1.82) is 0 Å². The standard InChI is InChI=1S/C16H24BFO3/c1-11(2)19-10-12-7-13(9-14(18)8-12)17-20-15(3,4)16(5,6)21-17/h7-9,11H,10H2,1-6H3. The van der Waals surface area contributed by atoms with Crippen molar-refractivity contribution in [1.82, 2.24) is 0 Å². The zero-order valence-electron chi connectivity index (χ0n) is 13.7. The third-order valence-corrected chi connectivity index (χ3v) is 4.09. The van der Waals surface area contributed by atoms with Gasteiger partial charge in [0.2, 0.25) is 0 Å². The van der Waals surface area contributed by atoms with Gasteiger partial charge in [-0.25, -0.2) is 4.39 Å². The summed E-state index contributed by atoms with van der Waals surface area (Å²) >= 11 is 0. The van der Waals surface area contributed by atoms with Crippen LogP contribution in [0.25, 0.3) is 0 Å². The van der Waals surface area contributed by atoms with Crippen LogP contribution in [0.1, 0.15) is 47.1 Å². The Labute approximate surface area is 126 Å². The first-order valence-corrected chi connectivity index (χ1v) is 7.37. The first-order valence-electron chi connectivity index (χ1n) is 7.37. The smallest absolute Gasteiger partial charge is 0.399 e. The Morgan fingerprint density at radius 3 is 2.19 bits per heavy atom. The molecule has 0 bridgehead atoms. The van der Waals surface area contributed by atoms with Crippen LogP contribution < -0.4 is 5.46 Å². The monoisotopic (exact) mass is 294 g/mol. The van der Waals surface area contributed by atoms with Gasteiger partial charge in [0.15, 0.2) is 0 Å².